The Morgan fingerprint density at radius 3 is 1.55 bits per heavy atom. The van der Waals surface area contributed by atoms with E-state index >= 15 is 0 Å². The van der Waals surface area contributed by atoms with Gasteiger partial charge < -0.3 is 13.4 Å². The van der Waals surface area contributed by atoms with Crippen molar-refractivity contribution in [3.05, 3.63) is 151 Å². The van der Waals surface area contributed by atoms with Crippen molar-refractivity contribution in [1.29, 1.82) is 0 Å². The Balaban J connectivity index is 1.08. The fourth-order valence-electron chi connectivity index (χ4n) is 7.38. The quantitative estimate of drug-likeness (QED) is 0.201. The molecule has 0 aliphatic heterocycles. The molecule has 10 aromatic rings. The summed E-state index contributed by atoms with van der Waals surface area (Å²) >= 11 is 0. The third-order valence-corrected chi connectivity index (χ3v) is 9.70. The van der Waals surface area contributed by atoms with Gasteiger partial charge in [0.05, 0.1) is 11.0 Å². The zero-order valence-electron chi connectivity index (χ0n) is 26.0. The molecule has 7 aromatic carbocycles. The van der Waals surface area contributed by atoms with Crippen LogP contribution in [0.5, 0.6) is 0 Å². The van der Waals surface area contributed by atoms with Gasteiger partial charge in [-0.15, -0.1) is 0 Å². The molecular weight excluding hydrogens is 574 g/mol. The number of rotatable bonds is 3. The fraction of sp³-hybridized carbons (Fsp3) is 0.0455. The molecule has 10 rings (SSSR count). The maximum Gasteiger partial charge on any atom is 0.136 e. The molecule has 3 heteroatoms. The summed E-state index contributed by atoms with van der Waals surface area (Å²) in [6.45, 7) is 4.28. The predicted octanol–water partition coefficient (Wildman–Crippen LogP) is 12.5. The summed E-state index contributed by atoms with van der Waals surface area (Å²) in [6.07, 6.45) is 0. The van der Waals surface area contributed by atoms with Gasteiger partial charge in [-0.05, 0) is 121 Å². The second-order valence-electron chi connectivity index (χ2n) is 12.8. The Hall–Kier alpha value is -6.06. The van der Waals surface area contributed by atoms with Gasteiger partial charge in [-0.2, -0.15) is 0 Å². The van der Waals surface area contributed by atoms with Gasteiger partial charge in [0.1, 0.15) is 22.3 Å². The minimum Gasteiger partial charge on any atom is -0.456 e. The Kier molecular flexibility index (Phi) is 5.41. The number of fused-ring (bicyclic) bond motifs is 9. The van der Waals surface area contributed by atoms with Crippen molar-refractivity contribution in [2.45, 2.75) is 13.8 Å². The van der Waals surface area contributed by atoms with Gasteiger partial charge in [-0.25, -0.2) is 0 Å². The smallest absolute Gasteiger partial charge is 0.136 e. The Bertz CT molecular complexity index is 2860. The Morgan fingerprint density at radius 2 is 0.830 bits per heavy atom. The standard InChI is InChI=1S/C44H29NO2/c1-26-8-15-39-34(20-26)35-22-28(11-16-40(35)45(39)32-6-4-3-5-7-32)31-10-14-33-37-23-29(12-18-42(37)47-44(33)25-31)30-13-19-43-38(24-30)36-21-27(2)9-17-41(36)46-43/h3-25H,1-2H3. The van der Waals surface area contributed by atoms with Crippen molar-refractivity contribution < 1.29 is 8.83 Å². The molecule has 3 nitrogen and oxygen atoms in total. The van der Waals surface area contributed by atoms with Gasteiger partial charge >= 0.3 is 0 Å². The van der Waals surface area contributed by atoms with Gasteiger partial charge in [-0.1, -0.05) is 65.7 Å². The van der Waals surface area contributed by atoms with E-state index in [-0.39, 0.29) is 0 Å². The van der Waals surface area contributed by atoms with Crippen molar-refractivity contribution in [2.75, 3.05) is 0 Å². The molecule has 0 fully saturated rings. The summed E-state index contributed by atoms with van der Waals surface area (Å²) in [6, 6.07) is 50.1. The first kappa shape index (κ1) is 26.2. The van der Waals surface area contributed by atoms with Crippen molar-refractivity contribution >= 4 is 65.7 Å². The number of aryl methyl sites for hydroxylation is 2. The first-order valence-corrected chi connectivity index (χ1v) is 16.1. The largest absolute Gasteiger partial charge is 0.456 e. The third-order valence-electron chi connectivity index (χ3n) is 9.70. The molecule has 222 valence electrons. The summed E-state index contributed by atoms with van der Waals surface area (Å²) < 4.78 is 14.9. The fourth-order valence-corrected chi connectivity index (χ4v) is 7.38. The first-order chi connectivity index (χ1) is 23.1. The number of nitrogens with zero attached hydrogens (tertiary/aromatic N) is 1. The van der Waals surface area contributed by atoms with Gasteiger partial charge in [0, 0.05) is 38.0 Å². The number of hydrogen-bond acceptors (Lipinski definition) is 2. The van der Waals surface area contributed by atoms with Crippen LogP contribution in [-0.2, 0) is 0 Å². The van der Waals surface area contributed by atoms with Crippen LogP contribution in [0.15, 0.2) is 148 Å². The highest BCUT2D eigenvalue weighted by Crippen LogP contribution is 2.39. The van der Waals surface area contributed by atoms with Gasteiger partial charge in [0.25, 0.3) is 0 Å². The number of benzene rings is 7. The highest BCUT2D eigenvalue weighted by molar-refractivity contribution is 6.12. The van der Waals surface area contributed by atoms with Crippen molar-refractivity contribution in [1.82, 2.24) is 4.57 Å². The molecule has 0 atom stereocenters. The van der Waals surface area contributed by atoms with Crippen LogP contribution in [0.3, 0.4) is 0 Å². The highest BCUT2D eigenvalue weighted by atomic mass is 16.3. The summed E-state index contributed by atoms with van der Waals surface area (Å²) in [5, 5.41) is 7.04. The van der Waals surface area contributed by atoms with E-state index in [1.807, 2.05) is 0 Å². The van der Waals surface area contributed by atoms with Crippen LogP contribution in [-0.4, -0.2) is 4.57 Å². The number of furan rings is 2. The van der Waals surface area contributed by atoms with E-state index in [4.69, 9.17) is 8.83 Å². The lowest BCUT2D eigenvalue weighted by molar-refractivity contribution is 0.668. The van der Waals surface area contributed by atoms with Gasteiger partial charge in [0.15, 0.2) is 0 Å². The van der Waals surface area contributed by atoms with E-state index in [2.05, 4.69) is 158 Å². The van der Waals surface area contributed by atoms with Crippen LogP contribution in [0.25, 0.3) is 93.6 Å². The van der Waals surface area contributed by atoms with Crippen LogP contribution in [0.2, 0.25) is 0 Å². The average molecular weight is 604 g/mol. The highest BCUT2D eigenvalue weighted by Gasteiger charge is 2.16. The van der Waals surface area contributed by atoms with Crippen molar-refractivity contribution in [2.24, 2.45) is 0 Å². The van der Waals surface area contributed by atoms with E-state index in [1.54, 1.807) is 0 Å². The van der Waals surface area contributed by atoms with Crippen LogP contribution in [0, 0.1) is 13.8 Å². The third kappa shape index (κ3) is 4.00. The molecular formula is C44H29NO2. The van der Waals surface area contributed by atoms with Crippen LogP contribution in [0.4, 0.5) is 0 Å². The molecule has 3 aromatic heterocycles. The lowest BCUT2D eigenvalue weighted by Gasteiger charge is -2.08. The van der Waals surface area contributed by atoms with Crippen LogP contribution >= 0.6 is 0 Å². The Morgan fingerprint density at radius 1 is 0.362 bits per heavy atom. The number of aromatic nitrogens is 1. The van der Waals surface area contributed by atoms with Gasteiger partial charge in [-0.3, -0.25) is 0 Å². The Labute approximate surface area is 270 Å². The molecule has 0 bridgehead atoms. The van der Waals surface area contributed by atoms with E-state index in [1.165, 1.54) is 44.2 Å². The molecule has 0 saturated carbocycles. The molecule has 3 heterocycles. The van der Waals surface area contributed by atoms with E-state index in [0.29, 0.717) is 0 Å². The van der Waals surface area contributed by atoms with Crippen molar-refractivity contribution in [3.8, 4) is 27.9 Å². The summed E-state index contributed by atoms with van der Waals surface area (Å²) in [5.74, 6) is 0. The van der Waals surface area contributed by atoms with E-state index in [9.17, 15) is 0 Å². The molecule has 0 unspecified atom stereocenters. The second kappa shape index (κ2) is 9.72. The first-order valence-electron chi connectivity index (χ1n) is 16.1. The molecule has 0 N–H and O–H groups in total. The van der Waals surface area contributed by atoms with Crippen LogP contribution in [0.1, 0.15) is 11.1 Å². The van der Waals surface area contributed by atoms with E-state index in [0.717, 1.165) is 60.6 Å². The maximum atomic E-state index is 6.45. The van der Waals surface area contributed by atoms with Crippen molar-refractivity contribution in [3.63, 3.8) is 0 Å². The maximum absolute atomic E-state index is 6.45. The molecule has 0 radical (unpaired) electrons. The number of para-hydroxylation sites is 1. The predicted molar refractivity (Wildman–Crippen MR) is 196 cm³/mol. The minimum atomic E-state index is 0.892. The topological polar surface area (TPSA) is 31.2 Å². The number of hydrogen-bond donors (Lipinski definition) is 0. The zero-order valence-corrected chi connectivity index (χ0v) is 26.0. The van der Waals surface area contributed by atoms with E-state index < -0.39 is 0 Å². The van der Waals surface area contributed by atoms with Crippen LogP contribution < -0.4 is 0 Å². The average Bonchev–Trinajstić information content (AvgIpc) is 3.76. The summed E-state index contributed by atoms with van der Waals surface area (Å²) in [4.78, 5) is 0. The summed E-state index contributed by atoms with van der Waals surface area (Å²) in [5.41, 5.74) is 14.3. The van der Waals surface area contributed by atoms with Gasteiger partial charge in [0.2, 0.25) is 0 Å². The molecule has 0 aliphatic rings. The molecule has 0 amide bonds. The second-order valence-corrected chi connectivity index (χ2v) is 12.8. The molecule has 0 saturated heterocycles. The SMILES string of the molecule is Cc1ccc2oc3ccc(-c4ccc5oc6cc(-c7ccc8c(c7)c7cc(C)ccc7n8-c7ccccc7)ccc6c5c4)cc3c2c1. The zero-order chi connectivity index (χ0) is 31.2. The molecule has 47 heavy (non-hydrogen) atoms. The lowest BCUT2D eigenvalue weighted by atomic mass is 9.99. The summed E-state index contributed by atoms with van der Waals surface area (Å²) in [7, 11) is 0. The normalized spacial score (nSPS) is 12.0. The monoisotopic (exact) mass is 603 g/mol. The minimum absolute atomic E-state index is 0.892. The lowest BCUT2D eigenvalue weighted by Crippen LogP contribution is -1.93. The molecule has 0 aliphatic carbocycles. The molecule has 0 spiro atoms.